The van der Waals surface area contributed by atoms with Crippen LogP contribution in [0.1, 0.15) is 10.4 Å². The van der Waals surface area contributed by atoms with Gasteiger partial charge in [0.15, 0.2) is 5.84 Å². The lowest BCUT2D eigenvalue weighted by molar-refractivity contribution is 0.104. The monoisotopic (exact) mass is 350 g/mol. The van der Waals surface area contributed by atoms with Crippen LogP contribution in [0, 0.1) is 0 Å². The number of nitrogens with zero attached hydrogens (tertiary/aromatic N) is 1. The molecule has 2 N–H and O–H groups in total. The predicted molar refractivity (Wildman–Crippen MR) is 99.7 cm³/mol. The van der Waals surface area contributed by atoms with Gasteiger partial charge < -0.3 is 0 Å². The molecular formula is C20H15ClN2O2. The maximum atomic E-state index is 12.5. The minimum Gasteiger partial charge on any atom is -0.290 e. The van der Waals surface area contributed by atoms with Gasteiger partial charge in [0.1, 0.15) is 0 Å². The van der Waals surface area contributed by atoms with Gasteiger partial charge in [-0.05, 0) is 35.4 Å². The van der Waals surface area contributed by atoms with Crippen molar-refractivity contribution in [1.82, 2.24) is 5.48 Å². The number of Topliss-reactive ketones (excluding diaryl/α,β-unsaturated/α-hetero) is 1. The van der Waals surface area contributed by atoms with E-state index >= 15 is 0 Å². The highest BCUT2D eigenvalue weighted by Gasteiger charge is 2.14. The van der Waals surface area contributed by atoms with Crippen LogP contribution in [-0.2, 0) is 0 Å². The molecule has 0 radical (unpaired) electrons. The molecule has 0 heterocycles. The summed E-state index contributed by atoms with van der Waals surface area (Å²) in [6, 6.07) is 23.6. The average Bonchev–Trinajstić information content (AvgIpc) is 2.68. The Hall–Kier alpha value is -2.95. The summed E-state index contributed by atoms with van der Waals surface area (Å²) in [6.07, 6.45) is 0. The molecule has 0 saturated heterocycles. The summed E-state index contributed by atoms with van der Waals surface area (Å²) < 4.78 is 0. The van der Waals surface area contributed by atoms with E-state index in [-0.39, 0.29) is 5.84 Å². The van der Waals surface area contributed by atoms with E-state index in [1.807, 2.05) is 47.9 Å². The molecule has 0 spiro atoms. The molecule has 0 unspecified atom stereocenters. The summed E-state index contributed by atoms with van der Waals surface area (Å²) in [7, 11) is 0. The van der Waals surface area contributed by atoms with E-state index in [9.17, 15) is 10.0 Å². The number of halogens is 1. The Balaban J connectivity index is 1.84. The second-order valence-electron chi connectivity index (χ2n) is 5.32. The number of nitrogens with one attached hydrogen (secondary N) is 1. The average molecular weight is 351 g/mol. The molecule has 0 saturated carbocycles. The summed E-state index contributed by atoms with van der Waals surface area (Å²) >= 11 is 5.83. The molecular weight excluding hydrogens is 336 g/mol. The van der Waals surface area contributed by atoms with Crippen molar-refractivity contribution in [3.8, 4) is 11.1 Å². The molecule has 3 rings (SSSR count). The van der Waals surface area contributed by atoms with Gasteiger partial charge >= 0.3 is 0 Å². The smallest absolute Gasteiger partial charge is 0.230 e. The van der Waals surface area contributed by atoms with Crippen molar-refractivity contribution in [2.75, 3.05) is 0 Å². The number of hydroxylamine groups is 1. The largest absolute Gasteiger partial charge is 0.290 e. The molecule has 5 heteroatoms. The van der Waals surface area contributed by atoms with Crippen molar-refractivity contribution in [3.05, 3.63) is 89.4 Å². The standard InChI is InChI=1S/C20H15ClN2O2/c21-17-10-12-18(13-11-17)22-20(23-25)19(24)16-8-6-15(7-9-16)14-4-2-1-3-5-14/h1-13,25H,(H,22,23). The minimum atomic E-state index is -0.405. The molecule has 0 atom stereocenters. The third kappa shape index (κ3) is 4.12. The first kappa shape index (κ1) is 16.9. The van der Waals surface area contributed by atoms with Crippen LogP contribution in [0.5, 0.6) is 0 Å². The predicted octanol–water partition coefficient (Wildman–Crippen LogP) is 4.90. The lowest BCUT2D eigenvalue weighted by Gasteiger charge is -2.06. The van der Waals surface area contributed by atoms with Gasteiger partial charge in [-0.15, -0.1) is 0 Å². The van der Waals surface area contributed by atoms with Crippen molar-refractivity contribution in [1.29, 1.82) is 0 Å². The number of hydrogen-bond acceptors (Lipinski definition) is 3. The SMILES string of the molecule is O=C(C(=Nc1ccc(Cl)cc1)NO)c1ccc(-c2ccccc2)cc1. The van der Waals surface area contributed by atoms with Gasteiger partial charge in [-0.1, -0.05) is 66.2 Å². The molecule has 0 fully saturated rings. The molecule has 3 aromatic carbocycles. The zero-order valence-corrected chi connectivity index (χ0v) is 13.9. The van der Waals surface area contributed by atoms with Gasteiger partial charge in [0, 0.05) is 10.6 Å². The van der Waals surface area contributed by atoms with E-state index in [4.69, 9.17) is 11.6 Å². The normalized spacial score (nSPS) is 11.2. The molecule has 25 heavy (non-hydrogen) atoms. The van der Waals surface area contributed by atoms with E-state index in [0.29, 0.717) is 16.3 Å². The molecule has 0 amide bonds. The molecule has 0 aliphatic rings. The maximum absolute atomic E-state index is 12.5. The van der Waals surface area contributed by atoms with Gasteiger partial charge in [-0.2, -0.15) is 0 Å². The van der Waals surface area contributed by atoms with E-state index in [1.165, 1.54) is 0 Å². The second kappa shape index (κ2) is 7.75. The van der Waals surface area contributed by atoms with Crippen LogP contribution in [0.25, 0.3) is 11.1 Å². The van der Waals surface area contributed by atoms with Crippen molar-refractivity contribution in [3.63, 3.8) is 0 Å². The van der Waals surface area contributed by atoms with Crippen molar-refractivity contribution >= 4 is 28.9 Å². The van der Waals surface area contributed by atoms with Crippen LogP contribution in [0.15, 0.2) is 83.9 Å². The summed E-state index contributed by atoms with van der Waals surface area (Å²) in [5.41, 5.74) is 4.88. The zero-order chi connectivity index (χ0) is 17.6. The highest BCUT2D eigenvalue weighted by Crippen LogP contribution is 2.20. The fourth-order valence-electron chi connectivity index (χ4n) is 2.35. The quantitative estimate of drug-likeness (QED) is 0.304. The number of hydrogen-bond donors (Lipinski definition) is 2. The van der Waals surface area contributed by atoms with Crippen LogP contribution < -0.4 is 5.48 Å². The topological polar surface area (TPSA) is 61.7 Å². The molecule has 3 aromatic rings. The van der Waals surface area contributed by atoms with E-state index in [2.05, 4.69) is 4.99 Å². The summed E-state index contributed by atoms with van der Waals surface area (Å²) in [6.45, 7) is 0. The Morgan fingerprint density at radius 2 is 1.44 bits per heavy atom. The summed E-state index contributed by atoms with van der Waals surface area (Å²) in [4.78, 5) is 16.6. The molecule has 4 nitrogen and oxygen atoms in total. The van der Waals surface area contributed by atoms with E-state index < -0.39 is 5.78 Å². The number of benzene rings is 3. The third-order valence-electron chi connectivity index (χ3n) is 3.64. The number of ketones is 1. The first-order chi connectivity index (χ1) is 12.2. The molecule has 124 valence electrons. The van der Waals surface area contributed by atoms with Crippen LogP contribution in [0.4, 0.5) is 5.69 Å². The van der Waals surface area contributed by atoms with E-state index in [0.717, 1.165) is 11.1 Å². The zero-order valence-electron chi connectivity index (χ0n) is 13.2. The minimum absolute atomic E-state index is 0.158. The second-order valence-corrected chi connectivity index (χ2v) is 5.76. The number of carbonyl (C=O) groups excluding carboxylic acids is 1. The van der Waals surface area contributed by atoms with Crippen molar-refractivity contribution in [2.24, 2.45) is 4.99 Å². The first-order valence-corrected chi connectivity index (χ1v) is 8.00. The fourth-order valence-corrected chi connectivity index (χ4v) is 2.48. The van der Waals surface area contributed by atoms with Gasteiger partial charge in [0.05, 0.1) is 5.69 Å². The highest BCUT2D eigenvalue weighted by molar-refractivity contribution is 6.45. The van der Waals surface area contributed by atoms with Gasteiger partial charge in [-0.25, -0.2) is 10.5 Å². The Kier molecular flexibility index (Phi) is 5.23. The van der Waals surface area contributed by atoms with Crippen molar-refractivity contribution < 1.29 is 10.0 Å². The number of carbonyl (C=O) groups is 1. The van der Waals surface area contributed by atoms with Gasteiger partial charge in [0.25, 0.3) is 0 Å². The van der Waals surface area contributed by atoms with Crippen LogP contribution in [0.3, 0.4) is 0 Å². The third-order valence-corrected chi connectivity index (χ3v) is 3.89. The Bertz CT molecular complexity index is 889. The van der Waals surface area contributed by atoms with E-state index in [1.54, 1.807) is 36.4 Å². The number of amidine groups is 1. The molecule has 0 bridgehead atoms. The summed E-state index contributed by atoms with van der Waals surface area (Å²) in [5, 5.41) is 9.85. The van der Waals surface area contributed by atoms with Crippen LogP contribution in [-0.4, -0.2) is 16.8 Å². The first-order valence-electron chi connectivity index (χ1n) is 7.62. The van der Waals surface area contributed by atoms with Gasteiger partial charge in [0.2, 0.25) is 5.78 Å². The Labute approximate surface area is 150 Å². The van der Waals surface area contributed by atoms with Gasteiger partial charge in [-0.3, -0.25) is 10.0 Å². The van der Waals surface area contributed by atoms with Crippen LogP contribution >= 0.6 is 11.6 Å². The van der Waals surface area contributed by atoms with Crippen LogP contribution in [0.2, 0.25) is 5.02 Å². The molecule has 0 aromatic heterocycles. The summed E-state index contributed by atoms with van der Waals surface area (Å²) in [5.74, 6) is -0.563. The Morgan fingerprint density at radius 1 is 0.840 bits per heavy atom. The Morgan fingerprint density at radius 3 is 2.04 bits per heavy atom. The number of aliphatic imine (C=N–C) groups is 1. The number of rotatable bonds is 4. The highest BCUT2D eigenvalue weighted by atomic mass is 35.5. The fraction of sp³-hybridized carbons (Fsp3) is 0. The molecule has 0 aliphatic carbocycles. The molecule has 0 aliphatic heterocycles. The lowest BCUT2D eigenvalue weighted by atomic mass is 10.0. The lowest BCUT2D eigenvalue weighted by Crippen LogP contribution is -2.28. The maximum Gasteiger partial charge on any atom is 0.230 e. The van der Waals surface area contributed by atoms with Crippen molar-refractivity contribution in [2.45, 2.75) is 0 Å².